The second-order valence-corrected chi connectivity index (χ2v) is 7.51. The maximum atomic E-state index is 12.3. The highest BCUT2D eigenvalue weighted by Crippen LogP contribution is 2.32. The van der Waals surface area contributed by atoms with Crippen molar-refractivity contribution in [2.45, 2.75) is 51.9 Å². The number of nitrogens with one attached hydrogen (secondary N) is 1. The Balaban J connectivity index is 1.40. The molecule has 1 aliphatic heterocycles. The molecule has 0 bridgehead atoms. The van der Waals surface area contributed by atoms with Crippen molar-refractivity contribution in [1.29, 1.82) is 0 Å². The first-order chi connectivity index (χ1) is 10.1. The number of likely N-dealkylation sites (tertiary alicyclic amines) is 1. The summed E-state index contributed by atoms with van der Waals surface area (Å²) >= 11 is 0. The second kappa shape index (κ2) is 6.37. The zero-order chi connectivity index (χ0) is 14.8. The second-order valence-electron chi connectivity index (χ2n) is 7.51. The van der Waals surface area contributed by atoms with Crippen molar-refractivity contribution >= 4 is 11.8 Å². The lowest BCUT2D eigenvalue weighted by Crippen LogP contribution is -2.36. The van der Waals surface area contributed by atoms with Crippen molar-refractivity contribution in [3.63, 3.8) is 0 Å². The monoisotopic (exact) mass is 292 g/mol. The van der Waals surface area contributed by atoms with Crippen molar-refractivity contribution in [2.75, 3.05) is 19.6 Å². The van der Waals surface area contributed by atoms with Gasteiger partial charge in [-0.25, -0.2) is 0 Å². The highest BCUT2D eigenvalue weighted by molar-refractivity contribution is 5.89. The normalized spacial score (nSPS) is 33.3. The Hall–Kier alpha value is -1.06. The molecule has 3 rings (SSSR count). The van der Waals surface area contributed by atoms with E-state index < -0.39 is 0 Å². The van der Waals surface area contributed by atoms with E-state index in [1.54, 1.807) is 0 Å². The Kier molecular flexibility index (Phi) is 4.51. The van der Waals surface area contributed by atoms with Crippen LogP contribution in [-0.4, -0.2) is 36.3 Å². The van der Waals surface area contributed by atoms with Gasteiger partial charge in [0.1, 0.15) is 0 Å². The molecule has 118 valence electrons. The number of nitrogens with zero attached hydrogens (tertiary/aromatic N) is 1. The van der Waals surface area contributed by atoms with Crippen LogP contribution in [0.15, 0.2) is 0 Å². The predicted octanol–water partition coefficient (Wildman–Crippen LogP) is 2.19. The van der Waals surface area contributed by atoms with E-state index in [-0.39, 0.29) is 17.7 Å². The van der Waals surface area contributed by atoms with Crippen LogP contribution in [0.5, 0.6) is 0 Å². The highest BCUT2D eigenvalue weighted by atomic mass is 16.2. The highest BCUT2D eigenvalue weighted by Gasteiger charge is 2.37. The summed E-state index contributed by atoms with van der Waals surface area (Å²) < 4.78 is 0. The summed E-state index contributed by atoms with van der Waals surface area (Å²) in [6, 6.07) is 0. The van der Waals surface area contributed by atoms with Crippen LogP contribution in [0.25, 0.3) is 0 Å². The maximum Gasteiger partial charge on any atom is 0.225 e. The van der Waals surface area contributed by atoms with Gasteiger partial charge < -0.3 is 10.2 Å². The van der Waals surface area contributed by atoms with E-state index in [0.29, 0.717) is 24.8 Å². The van der Waals surface area contributed by atoms with E-state index in [9.17, 15) is 9.59 Å². The van der Waals surface area contributed by atoms with Gasteiger partial charge in [-0.15, -0.1) is 0 Å². The molecule has 0 spiro atoms. The molecular weight excluding hydrogens is 264 g/mol. The van der Waals surface area contributed by atoms with Crippen LogP contribution in [0.4, 0.5) is 0 Å². The van der Waals surface area contributed by atoms with Crippen LogP contribution in [0.2, 0.25) is 0 Å². The molecule has 2 aliphatic carbocycles. The molecular formula is C17H28N2O2. The third kappa shape index (κ3) is 3.98. The number of carbonyl (C=O) groups is 2. The van der Waals surface area contributed by atoms with E-state index >= 15 is 0 Å². The summed E-state index contributed by atoms with van der Waals surface area (Å²) in [6.07, 6.45) is 7.97. The van der Waals surface area contributed by atoms with Gasteiger partial charge in [-0.1, -0.05) is 19.8 Å². The molecule has 0 aromatic heterocycles. The topological polar surface area (TPSA) is 49.4 Å². The Labute approximate surface area is 127 Å². The quantitative estimate of drug-likeness (QED) is 0.844. The number of rotatable bonds is 5. The van der Waals surface area contributed by atoms with Crippen molar-refractivity contribution in [3.8, 4) is 0 Å². The molecule has 0 aromatic carbocycles. The molecule has 3 aliphatic rings. The zero-order valence-electron chi connectivity index (χ0n) is 13.1. The van der Waals surface area contributed by atoms with Gasteiger partial charge >= 0.3 is 0 Å². The van der Waals surface area contributed by atoms with Gasteiger partial charge in [0.15, 0.2) is 0 Å². The molecule has 2 amide bonds. The molecule has 4 nitrogen and oxygen atoms in total. The van der Waals surface area contributed by atoms with Gasteiger partial charge in [0.25, 0.3) is 0 Å². The summed E-state index contributed by atoms with van der Waals surface area (Å²) in [5.41, 5.74) is 0. The van der Waals surface area contributed by atoms with Crippen LogP contribution in [-0.2, 0) is 9.59 Å². The van der Waals surface area contributed by atoms with Crippen LogP contribution in [0.3, 0.4) is 0 Å². The summed E-state index contributed by atoms with van der Waals surface area (Å²) in [5, 5.41) is 3.10. The molecule has 21 heavy (non-hydrogen) atoms. The minimum Gasteiger partial charge on any atom is -0.356 e. The van der Waals surface area contributed by atoms with Crippen LogP contribution < -0.4 is 5.32 Å². The smallest absolute Gasteiger partial charge is 0.225 e. The number of amides is 2. The summed E-state index contributed by atoms with van der Waals surface area (Å²) in [7, 11) is 0. The first kappa shape index (κ1) is 14.9. The fraction of sp³-hybridized carbons (Fsp3) is 0.882. The summed E-state index contributed by atoms with van der Waals surface area (Å²) in [4.78, 5) is 26.1. The Bertz CT molecular complexity index is 398. The van der Waals surface area contributed by atoms with Crippen LogP contribution in [0.1, 0.15) is 51.9 Å². The largest absolute Gasteiger partial charge is 0.356 e. The first-order valence-corrected chi connectivity index (χ1v) is 8.67. The van der Waals surface area contributed by atoms with E-state index in [4.69, 9.17) is 0 Å². The van der Waals surface area contributed by atoms with Gasteiger partial charge in [-0.3, -0.25) is 9.59 Å². The maximum absolute atomic E-state index is 12.3. The Morgan fingerprint density at radius 3 is 2.48 bits per heavy atom. The van der Waals surface area contributed by atoms with Gasteiger partial charge in [-0.05, 0) is 43.4 Å². The molecule has 2 saturated carbocycles. The Morgan fingerprint density at radius 1 is 1.14 bits per heavy atom. The number of hydrogen-bond donors (Lipinski definition) is 1. The summed E-state index contributed by atoms with van der Waals surface area (Å²) in [6.45, 7) is 4.64. The molecule has 0 radical (unpaired) electrons. The fourth-order valence-corrected chi connectivity index (χ4v) is 3.66. The van der Waals surface area contributed by atoms with Crippen molar-refractivity contribution in [2.24, 2.45) is 23.7 Å². The fourth-order valence-electron chi connectivity index (χ4n) is 3.66. The average molecular weight is 292 g/mol. The van der Waals surface area contributed by atoms with Crippen molar-refractivity contribution < 1.29 is 9.59 Å². The van der Waals surface area contributed by atoms with Crippen LogP contribution in [0, 0.1) is 23.7 Å². The minimum atomic E-state index is -0.112. The van der Waals surface area contributed by atoms with E-state index in [1.165, 1.54) is 38.5 Å². The van der Waals surface area contributed by atoms with Gasteiger partial charge in [0.05, 0.1) is 5.92 Å². The average Bonchev–Trinajstić information content (AvgIpc) is 3.21. The minimum absolute atomic E-state index is 0.0975. The lowest BCUT2D eigenvalue weighted by Gasteiger charge is -2.26. The van der Waals surface area contributed by atoms with E-state index in [0.717, 1.165) is 19.0 Å². The zero-order valence-corrected chi connectivity index (χ0v) is 13.1. The first-order valence-electron chi connectivity index (χ1n) is 8.67. The molecule has 1 saturated heterocycles. The molecule has 3 fully saturated rings. The van der Waals surface area contributed by atoms with E-state index in [1.807, 2.05) is 4.90 Å². The van der Waals surface area contributed by atoms with Crippen molar-refractivity contribution in [3.05, 3.63) is 0 Å². The SMILES string of the molecule is CC1CCC(CNC(=O)C2CC(=O)N(CC3CC3)C2)CC1. The molecule has 1 atom stereocenters. The molecule has 1 heterocycles. The third-order valence-electron chi connectivity index (χ3n) is 5.46. The van der Waals surface area contributed by atoms with Gasteiger partial charge in [0.2, 0.25) is 11.8 Å². The lowest BCUT2D eigenvalue weighted by molar-refractivity contribution is -0.129. The van der Waals surface area contributed by atoms with E-state index in [2.05, 4.69) is 12.2 Å². The Morgan fingerprint density at radius 2 is 1.81 bits per heavy atom. The standard InChI is InChI=1S/C17H28N2O2/c1-12-2-4-13(5-3-12)9-18-17(21)15-8-16(20)19(11-15)10-14-6-7-14/h12-15H,2-11H2,1H3,(H,18,21). The molecule has 4 heteroatoms. The summed E-state index contributed by atoms with van der Waals surface area (Å²) in [5.74, 6) is 2.36. The van der Waals surface area contributed by atoms with Crippen molar-refractivity contribution in [1.82, 2.24) is 10.2 Å². The third-order valence-corrected chi connectivity index (χ3v) is 5.46. The van der Waals surface area contributed by atoms with Gasteiger partial charge in [-0.2, -0.15) is 0 Å². The van der Waals surface area contributed by atoms with Gasteiger partial charge in [0, 0.05) is 26.1 Å². The molecule has 1 unspecified atom stereocenters. The molecule has 1 N–H and O–H groups in total. The number of hydrogen-bond acceptors (Lipinski definition) is 2. The predicted molar refractivity (Wildman–Crippen MR) is 81.5 cm³/mol. The molecule has 0 aromatic rings. The van der Waals surface area contributed by atoms with Crippen LogP contribution >= 0.6 is 0 Å². The lowest BCUT2D eigenvalue weighted by atomic mass is 9.83. The number of carbonyl (C=O) groups excluding carboxylic acids is 2.